The smallest absolute Gasteiger partial charge is 0.274 e. The lowest BCUT2D eigenvalue weighted by atomic mass is 9.95. The fraction of sp³-hybridized carbons (Fsp3) is 0.406. The summed E-state index contributed by atoms with van der Waals surface area (Å²) in [4.78, 5) is 21.0. The van der Waals surface area contributed by atoms with Crippen molar-refractivity contribution >= 4 is 44.9 Å². The van der Waals surface area contributed by atoms with Crippen molar-refractivity contribution in [2.75, 3.05) is 51.2 Å². The highest BCUT2D eigenvalue weighted by molar-refractivity contribution is 6.19. The number of ether oxygens (including phenoxy) is 3. The van der Waals surface area contributed by atoms with Gasteiger partial charge in [-0.1, -0.05) is 24.3 Å². The van der Waals surface area contributed by atoms with Gasteiger partial charge in [0.25, 0.3) is 5.91 Å². The van der Waals surface area contributed by atoms with E-state index >= 15 is 0 Å². The molecule has 5 N–H and O–H groups in total. The third-order valence-electron chi connectivity index (χ3n) is 8.28. The molecule has 0 radical (unpaired) electrons. The molecule has 44 heavy (non-hydrogen) atoms. The molecule has 3 heterocycles. The molecule has 6 rings (SSSR count). The van der Waals surface area contributed by atoms with Crippen molar-refractivity contribution in [3.05, 3.63) is 65.9 Å². The van der Waals surface area contributed by atoms with Gasteiger partial charge in [0.1, 0.15) is 48.2 Å². The number of H-pyrrole nitrogens is 1. The van der Waals surface area contributed by atoms with Gasteiger partial charge in [-0.15, -0.1) is 11.6 Å². The van der Waals surface area contributed by atoms with Gasteiger partial charge in [0.15, 0.2) is 0 Å². The number of halogens is 1. The Hall–Kier alpha value is -3.42. The second-order valence-corrected chi connectivity index (χ2v) is 11.8. The number of aliphatic hydroxyl groups excluding tert-OH is 4. The highest BCUT2D eigenvalue weighted by Gasteiger charge is 2.45. The molecular formula is C32H36ClN3O8. The summed E-state index contributed by atoms with van der Waals surface area (Å²) in [6.45, 7) is 1.09. The number of anilines is 1. The van der Waals surface area contributed by atoms with Crippen LogP contribution in [0.4, 0.5) is 5.69 Å². The lowest BCUT2D eigenvalue weighted by molar-refractivity contribution is -0.277. The number of rotatable bonds is 9. The van der Waals surface area contributed by atoms with E-state index in [1.807, 2.05) is 61.5 Å². The van der Waals surface area contributed by atoms with Crippen LogP contribution in [0, 0.1) is 0 Å². The highest BCUT2D eigenvalue weighted by atomic mass is 35.5. The number of carbonyl (C=O) groups excluding carboxylic acids is 1. The van der Waals surface area contributed by atoms with Crippen molar-refractivity contribution in [3.8, 4) is 11.5 Å². The van der Waals surface area contributed by atoms with E-state index < -0.39 is 37.3 Å². The van der Waals surface area contributed by atoms with E-state index in [9.17, 15) is 25.2 Å². The van der Waals surface area contributed by atoms with Crippen LogP contribution in [0.3, 0.4) is 0 Å². The first-order chi connectivity index (χ1) is 21.2. The summed E-state index contributed by atoms with van der Waals surface area (Å²) < 4.78 is 17.6. The summed E-state index contributed by atoms with van der Waals surface area (Å²) in [5, 5.41) is 43.1. The number of aromatic nitrogens is 1. The topological polar surface area (TPSA) is 148 Å². The molecule has 0 bridgehead atoms. The molecule has 2 aliphatic rings. The third kappa shape index (κ3) is 5.61. The molecule has 4 aromatic rings. The molecule has 6 atom stereocenters. The average molecular weight is 626 g/mol. The molecule has 2 aliphatic heterocycles. The summed E-state index contributed by atoms with van der Waals surface area (Å²) >= 11 is 6.45. The van der Waals surface area contributed by atoms with Gasteiger partial charge in [-0.2, -0.15) is 0 Å². The lowest BCUT2D eigenvalue weighted by Gasteiger charge is -2.39. The van der Waals surface area contributed by atoms with Crippen molar-refractivity contribution in [3.63, 3.8) is 0 Å². The van der Waals surface area contributed by atoms with E-state index in [1.54, 1.807) is 17.0 Å². The van der Waals surface area contributed by atoms with E-state index in [0.29, 0.717) is 41.4 Å². The lowest BCUT2D eigenvalue weighted by Crippen LogP contribution is -2.60. The monoisotopic (exact) mass is 625 g/mol. The van der Waals surface area contributed by atoms with E-state index in [1.165, 1.54) is 0 Å². The van der Waals surface area contributed by atoms with Gasteiger partial charge in [-0.05, 0) is 49.3 Å². The van der Waals surface area contributed by atoms with Gasteiger partial charge in [0.2, 0.25) is 6.29 Å². The molecule has 0 spiro atoms. The normalized spacial score (nSPS) is 25.1. The van der Waals surface area contributed by atoms with Crippen LogP contribution in [0.15, 0.2) is 54.6 Å². The van der Waals surface area contributed by atoms with Crippen LogP contribution < -0.4 is 14.4 Å². The van der Waals surface area contributed by atoms with Crippen LogP contribution in [0.25, 0.3) is 21.7 Å². The number of aromatic amines is 1. The number of fused-ring (bicyclic) bond motifs is 4. The van der Waals surface area contributed by atoms with Gasteiger partial charge in [0.05, 0.1) is 12.3 Å². The van der Waals surface area contributed by atoms with Gasteiger partial charge < -0.3 is 49.4 Å². The predicted octanol–water partition coefficient (Wildman–Crippen LogP) is 2.42. The van der Waals surface area contributed by atoms with E-state index in [-0.39, 0.29) is 17.7 Å². The van der Waals surface area contributed by atoms with Crippen LogP contribution >= 0.6 is 11.6 Å². The fourth-order valence-corrected chi connectivity index (χ4v) is 6.18. The summed E-state index contributed by atoms with van der Waals surface area (Å²) in [6, 6.07) is 16.7. The Kier molecular flexibility index (Phi) is 8.71. The van der Waals surface area contributed by atoms with E-state index in [2.05, 4.69) is 4.98 Å². The molecule has 1 saturated heterocycles. The second-order valence-electron chi connectivity index (χ2n) is 11.5. The molecular weight excluding hydrogens is 590 g/mol. The number of amides is 1. The minimum absolute atomic E-state index is 0.150. The first-order valence-electron chi connectivity index (χ1n) is 14.5. The standard InChI is InChI=1S/C32H36ClN3O8/c1-35(2)9-10-42-19-7-8-22-17(11-19)12-23(34-22)31(41)36-15-18(14-33)27-21-6-4-3-5-20(21)25(13-24(27)36)43-32-30(40)29(39)28(38)26(16-37)44-32/h3-8,11-13,18,26,28-30,32,34,37-40H,9-10,14-16H2,1-2H3/t18-,26-,28+,29+,30-,32-/m1/s1. The molecule has 0 saturated carbocycles. The number of alkyl halides is 1. The van der Waals surface area contributed by atoms with E-state index in [0.717, 1.165) is 28.4 Å². The number of hydrogen-bond donors (Lipinski definition) is 5. The maximum Gasteiger partial charge on any atom is 0.274 e. The van der Waals surface area contributed by atoms with Crippen LogP contribution in [-0.4, -0.2) is 113 Å². The summed E-state index contributed by atoms with van der Waals surface area (Å²) in [5.41, 5.74) is 2.70. The fourth-order valence-electron chi connectivity index (χ4n) is 5.93. The minimum atomic E-state index is -1.59. The average Bonchev–Trinajstić information content (AvgIpc) is 3.62. The Bertz CT molecular complexity index is 1660. The summed E-state index contributed by atoms with van der Waals surface area (Å²) in [7, 11) is 3.96. The number of nitrogens with one attached hydrogen (secondary N) is 1. The van der Waals surface area contributed by atoms with Crippen LogP contribution in [-0.2, 0) is 4.74 Å². The largest absolute Gasteiger partial charge is 0.492 e. The molecule has 0 aliphatic carbocycles. The molecule has 0 unspecified atom stereocenters. The number of carbonyl (C=O) groups is 1. The Balaban J connectivity index is 1.34. The maximum absolute atomic E-state index is 14.0. The Morgan fingerprint density at radius 2 is 1.84 bits per heavy atom. The molecule has 1 fully saturated rings. The predicted molar refractivity (Wildman–Crippen MR) is 166 cm³/mol. The van der Waals surface area contributed by atoms with Crippen molar-refractivity contribution in [2.24, 2.45) is 0 Å². The van der Waals surface area contributed by atoms with Gasteiger partial charge >= 0.3 is 0 Å². The van der Waals surface area contributed by atoms with Gasteiger partial charge in [0, 0.05) is 47.2 Å². The van der Waals surface area contributed by atoms with Crippen molar-refractivity contribution in [1.29, 1.82) is 0 Å². The molecule has 12 heteroatoms. The first kappa shape index (κ1) is 30.6. The van der Waals surface area contributed by atoms with Gasteiger partial charge in [-0.3, -0.25) is 4.79 Å². The van der Waals surface area contributed by atoms with Crippen molar-refractivity contribution in [1.82, 2.24) is 9.88 Å². The third-order valence-corrected chi connectivity index (χ3v) is 8.65. The zero-order valence-corrected chi connectivity index (χ0v) is 25.1. The summed E-state index contributed by atoms with van der Waals surface area (Å²) in [5.74, 6) is 0.899. The van der Waals surface area contributed by atoms with E-state index in [4.69, 9.17) is 25.8 Å². The molecule has 1 amide bonds. The highest BCUT2D eigenvalue weighted by Crippen LogP contribution is 2.46. The molecule has 11 nitrogen and oxygen atoms in total. The van der Waals surface area contributed by atoms with Crippen LogP contribution in [0.5, 0.6) is 11.5 Å². The zero-order chi connectivity index (χ0) is 31.1. The maximum atomic E-state index is 14.0. The second kappa shape index (κ2) is 12.5. The van der Waals surface area contributed by atoms with Crippen LogP contribution in [0.2, 0.25) is 0 Å². The number of likely N-dealkylation sites (N-methyl/N-ethyl adjacent to an activating group) is 1. The Morgan fingerprint density at radius 3 is 2.57 bits per heavy atom. The van der Waals surface area contributed by atoms with Crippen molar-refractivity contribution in [2.45, 2.75) is 36.6 Å². The number of nitrogens with zero attached hydrogens (tertiary/aromatic N) is 2. The number of aliphatic hydroxyl groups is 4. The molecule has 1 aromatic heterocycles. The van der Waals surface area contributed by atoms with Crippen molar-refractivity contribution < 1.29 is 39.4 Å². The SMILES string of the molecule is CN(C)CCOc1ccc2[nH]c(C(=O)N3C[C@@H](CCl)c4c3cc(O[C@@H]3O[C@H](CO)[C@H](O)[C@H](O)[C@H]3O)c3ccccc43)cc2c1. The quantitative estimate of drug-likeness (QED) is 0.177. The minimum Gasteiger partial charge on any atom is -0.492 e. The Labute approximate surface area is 259 Å². The zero-order valence-electron chi connectivity index (χ0n) is 24.4. The van der Waals surface area contributed by atoms with Crippen LogP contribution in [0.1, 0.15) is 22.0 Å². The number of hydrogen-bond acceptors (Lipinski definition) is 9. The van der Waals surface area contributed by atoms with Gasteiger partial charge in [-0.25, -0.2) is 0 Å². The first-order valence-corrected chi connectivity index (χ1v) is 15.0. The Morgan fingerprint density at radius 1 is 1.07 bits per heavy atom. The number of benzene rings is 3. The summed E-state index contributed by atoms with van der Waals surface area (Å²) in [6.07, 6.45) is -7.20. The molecule has 234 valence electrons. The molecule has 3 aromatic carbocycles.